The molecule has 3 rings (SSSR count). The van der Waals surface area contributed by atoms with Gasteiger partial charge in [-0.25, -0.2) is 9.37 Å². The second-order valence-corrected chi connectivity index (χ2v) is 5.25. The summed E-state index contributed by atoms with van der Waals surface area (Å²) in [6.45, 7) is 0.165. The first-order valence-electron chi connectivity index (χ1n) is 7.01. The van der Waals surface area contributed by atoms with Crippen LogP contribution in [-0.2, 0) is 24.2 Å². The second-order valence-electron chi connectivity index (χ2n) is 5.25. The predicted molar refractivity (Wildman–Crippen MR) is 78.3 cm³/mol. The number of nitrogens with zero attached hydrogens (tertiary/aromatic N) is 2. The first-order chi connectivity index (χ1) is 10.1. The lowest BCUT2D eigenvalue weighted by molar-refractivity contribution is -0.116. The van der Waals surface area contributed by atoms with E-state index in [1.807, 2.05) is 4.57 Å². The van der Waals surface area contributed by atoms with Crippen LogP contribution in [0, 0.1) is 5.82 Å². The lowest BCUT2D eigenvalue weighted by Gasteiger charge is -2.14. The van der Waals surface area contributed by atoms with Gasteiger partial charge in [-0.15, -0.1) is 0 Å². The van der Waals surface area contributed by atoms with Crippen molar-refractivity contribution < 1.29 is 9.18 Å². The van der Waals surface area contributed by atoms with Crippen molar-refractivity contribution >= 4 is 17.3 Å². The van der Waals surface area contributed by atoms with E-state index in [1.165, 1.54) is 18.2 Å². The lowest BCUT2D eigenvalue weighted by Crippen LogP contribution is -2.21. The molecule has 3 N–H and O–H groups in total. The number of aromatic nitrogens is 2. The maximum atomic E-state index is 13.2. The molecular weight excluding hydrogens is 271 g/mol. The summed E-state index contributed by atoms with van der Waals surface area (Å²) in [5, 5.41) is 2.64. The number of hydrogen-bond donors (Lipinski definition) is 2. The van der Waals surface area contributed by atoms with Gasteiger partial charge < -0.3 is 15.6 Å². The SMILES string of the molecule is Nc1ccc(F)cc1NC(=O)Cn1cnc2c1CCCC2. The Morgan fingerprint density at radius 1 is 1.38 bits per heavy atom. The lowest BCUT2D eigenvalue weighted by atomic mass is 10.0. The highest BCUT2D eigenvalue weighted by Crippen LogP contribution is 2.21. The van der Waals surface area contributed by atoms with Gasteiger partial charge in [0.2, 0.25) is 5.91 Å². The molecule has 0 spiro atoms. The molecule has 0 saturated carbocycles. The summed E-state index contributed by atoms with van der Waals surface area (Å²) < 4.78 is 15.0. The number of halogens is 1. The maximum Gasteiger partial charge on any atom is 0.244 e. The van der Waals surface area contributed by atoms with Gasteiger partial charge in [-0.1, -0.05) is 0 Å². The van der Waals surface area contributed by atoms with Crippen molar-refractivity contribution in [2.75, 3.05) is 11.1 Å². The zero-order chi connectivity index (χ0) is 14.8. The van der Waals surface area contributed by atoms with Crippen molar-refractivity contribution in [3.05, 3.63) is 41.7 Å². The van der Waals surface area contributed by atoms with Gasteiger partial charge in [0, 0.05) is 5.69 Å². The Hall–Kier alpha value is -2.37. The van der Waals surface area contributed by atoms with Gasteiger partial charge >= 0.3 is 0 Å². The number of carbonyl (C=O) groups excluding carboxylic acids is 1. The third-order valence-corrected chi connectivity index (χ3v) is 3.71. The molecule has 1 amide bonds. The second kappa shape index (κ2) is 5.55. The van der Waals surface area contributed by atoms with Crippen molar-refractivity contribution in [1.29, 1.82) is 0 Å². The minimum atomic E-state index is -0.431. The Morgan fingerprint density at radius 2 is 2.19 bits per heavy atom. The van der Waals surface area contributed by atoms with Crippen LogP contribution in [0.5, 0.6) is 0 Å². The molecule has 0 saturated heterocycles. The topological polar surface area (TPSA) is 72.9 Å². The maximum absolute atomic E-state index is 13.2. The number of amides is 1. The van der Waals surface area contributed by atoms with Crippen LogP contribution in [0.3, 0.4) is 0 Å². The van der Waals surface area contributed by atoms with E-state index in [2.05, 4.69) is 10.3 Å². The van der Waals surface area contributed by atoms with Crippen molar-refractivity contribution in [2.45, 2.75) is 32.2 Å². The Labute approximate surface area is 122 Å². The summed E-state index contributed by atoms with van der Waals surface area (Å²) in [6.07, 6.45) is 5.89. The molecule has 0 atom stereocenters. The fourth-order valence-corrected chi connectivity index (χ4v) is 2.65. The molecule has 1 aliphatic carbocycles. The molecule has 0 aliphatic heterocycles. The number of rotatable bonds is 3. The quantitative estimate of drug-likeness (QED) is 0.850. The van der Waals surface area contributed by atoms with Gasteiger partial charge in [-0.2, -0.15) is 0 Å². The number of aryl methyl sites for hydroxylation is 1. The summed E-state index contributed by atoms with van der Waals surface area (Å²) in [6, 6.07) is 3.91. The highest BCUT2D eigenvalue weighted by Gasteiger charge is 2.17. The molecule has 21 heavy (non-hydrogen) atoms. The normalized spacial score (nSPS) is 13.8. The van der Waals surface area contributed by atoms with Crippen molar-refractivity contribution in [2.24, 2.45) is 0 Å². The summed E-state index contributed by atoms with van der Waals surface area (Å²) in [7, 11) is 0. The van der Waals surface area contributed by atoms with Crippen molar-refractivity contribution in [3.63, 3.8) is 0 Å². The monoisotopic (exact) mass is 288 g/mol. The van der Waals surface area contributed by atoms with Crippen LogP contribution < -0.4 is 11.1 Å². The van der Waals surface area contributed by atoms with Gasteiger partial charge in [-0.05, 0) is 43.9 Å². The van der Waals surface area contributed by atoms with Crippen LogP contribution >= 0.6 is 0 Å². The van der Waals surface area contributed by atoms with Gasteiger partial charge in [0.25, 0.3) is 0 Å². The molecule has 1 aliphatic rings. The van der Waals surface area contributed by atoms with E-state index in [1.54, 1.807) is 6.33 Å². The molecule has 0 radical (unpaired) electrons. The molecule has 5 nitrogen and oxygen atoms in total. The van der Waals surface area contributed by atoms with Gasteiger partial charge in [-0.3, -0.25) is 4.79 Å². The molecule has 1 heterocycles. The standard InChI is InChI=1S/C15H17FN4O/c16-10-5-6-11(17)13(7-10)19-15(21)8-20-9-18-12-3-1-2-4-14(12)20/h5-7,9H,1-4,8,17H2,(H,19,21). The van der Waals surface area contributed by atoms with E-state index in [0.29, 0.717) is 11.4 Å². The zero-order valence-electron chi connectivity index (χ0n) is 11.6. The van der Waals surface area contributed by atoms with E-state index in [9.17, 15) is 9.18 Å². The number of nitrogens with two attached hydrogens (primary N) is 1. The van der Waals surface area contributed by atoms with E-state index in [0.717, 1.165) is 37.1 Å². The highest BCUT2D eigenvalue weighted by molar-refractivity contribution is 5.93. The summed E-state index contributed by atoms with van der Waals surface area (Å²) in [5.74, 6) is -0.669. The third-order valence-electron chi connectivity index (χ3n) is 3.71. The number of carbonyl (C=O) groups is 1. The molecule has 1 aromatic carbocycles. The van der Waals surface area contributed by atoms with Gasteiger partial charge in [0.15, 0.2) is 0 Å². The van der Waals surface area contributed by atoms with Crippen LogP contribution in [0.25, 0.3) is 0 Å². The first kappa shape index (κ1) is 13.6. The van der Waals surface area contributed by atoms with Crippen molar-refractivity contribution in [3.8, 4) is 0 Å². The van der Waals surface area contributed by atoms with Crippen LogP contribution in [-0.4, -0.2) is 15.5 Å². The zero-order valence-corrected chi connectivity index (χ0v) is 11.6. The highest BCUT2D eigenvalue weighted by atomic mass is 19.1. The molecule has 1 aromatic heterocycles. The number of nitrogens with one attached hydrogen (secondary N) is 1. The molecule has 110 valence electrons. The summed E-state index contributed by atoms with van der Waals surface area (Å²) >= 11 is 0. The number of fused-ring (bicyclic) bond motifs is 1. The molecule has 0 fully saturated rings. The predicted octanol–water partition coefficient (Wildman–Crippen LogP) is 2.12. The minimum Gasteiger partial charge on any atom is -0.397 e. The van der Waals surface area contributed by atoms with Gasteiger partial charge in [0.05, 0.1) is 23.4 Å². The van der Waals surface area contributed by atoms with Crippen LogP contribution in [0.1, 0.15) is 24.2 Å². The van der Waals surface area contributed by atoms with E-state index < -0.39 is 5.82 Å². The fraction of sp³-hybridized carbons (Fsp3) is 0.333. The van der Waals surface area contributed by atoms with Gasteiger partial charge in [0.1, 0.15) is 12.4 Å². The van der Waals surface area contributed by atoms with E-state index in [-0.39, 0.29) is 12.5 Å². The van der Waals surface area contributed by atoms with E-state index in [4.69, 9.17) is 5.73 Å². The van der Waals surface area contributed by atoms with Crippen molar-refractivity contribution in [1.82, 2.24) is 9.55 Å². The van der Waals surface area contributed by atoms with Crippen LogP contribution in [0.2, 0.25) is 0 Å². The van der Waals surface area contributed by atoms with Crippen LogP contribution in [0.4, 0.5) is 15.8 Å². The van der Waals surface area contributed by atoms with Crippen LogP contribution in [0.15, 0.2) is 24.5 Å². The number of anilines is 2. The molecule has 0 bridgehead atoms. The first-order valence-corrected chi connectivity index (χ1v) is 7.01. The number of imidazole rings is 1. The molecule has 0 unspecified atom stereocenters. The number of nitrogen functional groups attached to an aromatic ring is 1. The molecule has 6 heteroatoms. The molecule has 2 aromatic rings. The van der Waals surface area contributed by atoms with E-state index >= 15 is 0 Å². The minimum absolute atomic E-state index is 0.165. The third kappa shape index (κ3) is 2.89. The average molecular weight is 288 g/mol. The molecular formula is C15H17FN4O. The number of hydrogen-bond acceptors (Lipinski definition) is 3. The average Bonchev–Trinajstić information content (AvgIpc) is 2.86. The largest absolute Gasteiger partial charge is 0.397 e. The smallest absolute Gasteiger partial charge is 0.244 e. The Bertz CT molecular complexity index is 680. The Balaban J connectivity index is 1.72. The Morgan fingerprint density at radius 3 is 3.05 bits per heavy atom. The Kier molecular flexibility index (Phi) is 3.60. The summed E-state index contributed by atoms with van der Waals surface area (Å²) in [5.41, 5.74) is 8.58. The number of benzene rings is 1. The summed E-state index contributed by atoms with van der Waals surface area (Å²) in [4.78, 5) is 16.4. The fourth-order valence-electron chi connectivity index (χ4n) is 2.65.